The number of nitrogens with two attached hydrogens (primary N) is 1. The van der Waals surface area contributed by atoms with E-state index in [0.29, 0.717) is 29.8 Å². The molecule has 3 N–H and O–H groups in total. The lowest BCUT2D eigenvalue weighted by Crippen LogP contribution is -2.53. The number of rotatable bonds is 7. The molecule has 1 unspecified atom stereocenters. The normalized spacial score (nSPS) is 16.1. The summed E-state index contributed by atoms with van der Waals surface area (Å²) in [6.45, 7) is 3.00. The first kappa shape index (κ1) is 24.9. The second-order valence-corrected chi connectivity index (χ2v) is 10.7. The molecule has 1 aliphatic rings. The van der Waals surface area contributed by atoms with Crippen molar-refractivity contribution in [2.75, 3.05) is 25.4 Å². The van der Waals surface area contributed by atoms with Gasteiger partial charge in [-0.2, -0.15) is 4.72 Å². The van der Waals surface area contributed by atoms with Gasteiger partial charge >= 0.3 is 0 Å². The molecule has 1 saturated heterocycles. The minimum absolute atomic E-state index is 0.000877. The van der Waals surface area contributed by atoms with Crippen LogP contribution in [0.5, 0.6) is 5.75 Å². The van der Waals surface area contributed by atoms with Crippen molar-refractivity contribution in [1.29, 1.82) is 0 Å². The summed E-state index contributed by atoms with van der Waals surface area (Å²) in [7, 11) is -4.16. The zero-order chi connectivity index (χ0) is 23.5. The summed E-state index contributed by atoms with van der Waals surface area (Å²) in [5.74, 6) is 0.562. The van der Waals surface area contributed by atoms with E-state index in [1.54, 1.807) is 29.2 Å². The standard InChI is InChI=1S/C21H24Cl3N3O4S/c1-13-5-7-27(8-6-13)21(28)19(12-31-15-4-2-3-14(22)9-15)26-32(29,30)16-10-17(23)20(25)18(24)11-16/h2-4,9-11,13,19,26H,5-8,12,25H2,1H3. The summed E-state index contributed by atoms with van der Waals surface area (Å²) < 4.78 is 34.2. The Morgan fingerprint density at radius 3 is 2.41 bits per heavy atom. The van der Waals surface area contributed by atoms with Gasteiger partial charge in [0.1, 0.15) is 18.4 Å². The molecule has 0 saturated carbocycles. The number of hydrogen-bond donors (Lipinski definition) is 2. The number of hydrogen-bond acceptors (Lipinski definition) is 5. The number of nitrogens with zero attached hydrogens (tertiary/aromatic N) is 1. The molecule has 1 atom stereocenters. The number of amides is 1. The van der Waals surface area contributed by atoms with E-state index < -0.39 is 16.1 Å². The quantitative estimate of drug-likeness (QED) is 0.533. The van der Waals surface area contributed by atoms with E-state index >= 15 is 0 Å². The fourth-order valence-corrected chi connectivity index (χ4v) is 5.34. The fraction of sp³-hybridized carbons (Fsp3) is 0.381. The highest BCUT2D eigenvalue weighted by atomic mass is 35.5. The monoisotopic (exact) mass is 519 g/mol. The van der Waals surface area contributed by atoms with Crippen LogP contribution < -0.4 is 15.2 Å². The first-order valence-corrected chi connectivity index (χ1v) is 12.6. The maximum atomic E-state index is 13.2. The second-order valence-electron chi connectivity index (χ2n) is 7.75. The number of nitrogen functional groups attached to an aromatic ring is 1. The zero-order valence-electron chi connectivity index (χ0n) is 17.4. The summed E-state index contributed by atoms with van der Waals surface area (Å²) >= 11 is 18.0. The summed E-state index contributed by atoms with van der Waals surface area (Å²) in [5.41, 5.74) is 5.78. The predicted octanol–water partition coefficient (Wildman–Crippen LogP) is 4.21. The van der Waals surface area contributed by atoms with Gasteiger partial charge in [0, 0.05) is 18.1 Å². The third-order valence-electron chi connectivity index (χ3n) is 5.27. The van der Waals surface area contributed by atoms with Gasteiger partial charge in [0.05, 0.1) is 20.6 Å². The Kier molecular flexibility index (Phi) is 8.16. The van der Waals surface area contributed by atoms with Crippen LogP contribution in [0.15, 0.2) is 41.3 Å². The molecular weight excluding hydrogens is 497 g/mol. The lowest BCUT2D eigenvalue weighted by atomic mass is 9.99. The predicted molar refractivity (Wildman–Crippen MR) is 127 cm³/mol. The molecule has 3 rings (SSSR count). The lowest BCUT2D eigenvalue weighted by Gasteiger charge is -2.33. The number of nitrogens with one attached hydrogen (secondary N) is 1. The molecule has 1 fully saturated rings. The summed E-state index contributed by atoms with van der Waals surface area (Å²) in [5, 5.41) is 0.462. The van der Waals surface area contributed by atoms with Crippen molar-refractivity contribution in [3.63, 3.8) is 0 Å². The van der Waals surface area contributed by atoms with Crippen LogP contribution in [-0.2, 0) is 14.8 Å². The van der Waals surface area contributed by atoms with E-state index in [2.05, 4.69) is 11.6 Å². The molecule has 7 nitrogen and oxygen atoms in total. The van der Waals surface area contributed by atoms with Crippen molar-refractivity contribution < 1.29 is 17.9 Å². The molecule has 174 valence electrons. The number of carbonyl (C=O) groups excluding carboxylic acids is 1. The van der Waals surface area contributed by atoms with Gasteiger partial charge in [-0.05, 0) is 49.1 Å². The van der Waals surface area contributed by atoms with E-state index in [0.717, 1.165) is 12.8 Å². The number of ether oxygens (including phenoxy) is 1. The van der Waals surface area contributed by atoms with Crippen molar-refractivity contribution in [1.82, 2.24) is 9.62 Å². The molecule has 0 aromatic heterocycles. The topological polar surface area (TPSA) is 102 Å². The van der Waals surface area contributed by atoms with Crippen molar-refractivity contribution in [2.24, 2.45) is 5.92 Å². The van der Waals surface area contributed by atoms with Gasteiger partial charge < -0.3 is 15.4 Å². The number of likely N-dealkylation sites (tertiary alicyclic amines) is 1. The number of anilines is 1. The Morgan fingerprint density at radius 1 is 1.19 bits per heavy atom. The molecule has 0 spiro atoms. The van der Waals surface area contributed by atoms with E-state index in [1.165, 1.54) is 12.1 Å². The van der Waals surface area contributed by atoms with Gasteiger partial charge in [0.25, 0.3) is 0 Å². The molecule has 2 aromatic carbocycles. The molecule has 1 aliphatic heterocycles. The maximum absolute atomic E-state index is 13.2. The van der Waals surface area contributed by atoms with Crippen molar-refractivity contribution in [3.8, 4) is 5.75 Å². The highest BCUT2D eigenvalue weighted by Gasteiger charge is 2.32. The third-order valence-corrected chi connectivity index (χ3v) is 7.58. The first-order chi connectivity index (χ1) is 15.1. The van der Waals surface area contributed by atoms with Gasteiger partial charge in [0.2, 0.25) is 15.9 Å². The lowest BCUT2D eigenvalue weighted by molar-refractivity contribution is -0.135. The largest absolute Gasteiger partial charge is 0.491 e. The molecule has 1 amide bonds. The number of carbonyl (C=O) groups is 1. The minimum atomic E-state index is -4.16. The molecule has 11 heteroatoms. The number of sulfonamides is 1. The van der Waals surface area contributed by atoms with Crippen LogP contribution in [-0.4, -0.2) is 45.0 Å². The van der Waals surface area contributed by atoms with E-state index in [9.17, 15) is 13.2 Å². The van der Waals surface area contributed by atoms with Crippen molar-refractivity contribution >= 4 is 56.4 Å². The van der Waals surface area contributed by atoms with Crippen molar-refractivity contribution in [2.45, 2.75) is 30.7 Å². The summed E-state index contributed by atoms with van der Waals surface area (Å²) in [6, 6.07) is 7.85. The molecular formula is C21H24Cl3N3O4S. The Labute approximate surface area is 202 Å². The van der Waals surface area contributed by atoms with Gasteiger partial charge in [-0.25, -0.2) is 8.42 Å². The second kappa shape index (κ2) is 10.5. The Bertz CT molecular complexity index is 1070. The average molecular weight is 521 g/mol. The van der Waals surface area contributed by atoms with Gasteiger partial charge in [-0.3, -0.25) is 4.79 Å². The van der Waals surface area contributed by atoms with E-state index in [1.807, 2.05) is 0 Å². The molecule has 1 heterocycles. The van der Waals surface area contributed by atoms with Gasteiger partial charge in [-0.1, -0.05) is 47.8 Å². The van der Waals surface area contributed by atoms with Crippen molar-refractivity contribution in [3.05, 3.63) is 51.5 Å². The van der Waals surface area contributed by atoms with Crippen LogP contribution >= 0.6 is 34.8 Å². The van der Waals surface area contributed by atoms with E-state index in [-0.39, 0.29) is 33.1 Å². The Hall–Kier alpha value is -1.71. The highest BCUT2D eigenvalue weighted by Crippen LogP contribution is 2.31. The Balaban J connectivity index is 1.84. The zero-order valence-corrected chi connectivity index (χ0v) is 20.4. The van der Waals surface area contributed by atoms with Crippen LogP contribution in [0.1, 0.15) is 19.8 Å². The molecule has 0 bridgehead atoms. The molecule has 2 aromatic rings. The summed E-state index contributed by atoms with van der Waals surface area (Å²) in [6.07, 6.45) is 1.70. The highest BCUT2D eigenvalue weighted by molar-refractivity contribution is 7.89. The van der Waals surface area contributed by atoms with Crippen LogP contribution in [0.4, 0.5) is 5.69 Å². The number of benzene rings is 2. The van der Waals surface area contributed by atoms with Gasteiger partial charge in [0.15, 0.2) is 0 Å². The molecule has 0 radical (unpaired) electrons. The summed E-state index contributed by atoms with van der Waals surface area (Å²) in [4.78, 5) is 14.7. The van der Waals surface area contributed by atoms with Gasteiger partial charge in [-0.15, -0.1) is 0 Å². The molecule has 32 heavy (non-hydrogen) atoms. The SMILES string of the molecule is CC1CCN(C(=O)C(COc2cccc(Cl)c2)NS(=O)(=O)c2cc(Cl)c(N)c(Cl)c2)CC1. The van der Waals surface area contributed by atoms with Crippen LogP contribution in [0, 0.1) is 5.92 Å². The Morgan fingerprint density at radius 2 is 1.81 bits per heavy atom. The minimum Gasteiger partial charge on any atom is -0.491 e. The fourth-order valence-electron chi connectivity index (χ4n) is 3.31. The number of piperidine rings is 1. The van der Waals surface area contributed by atoms with Crippen LogP contribution in [0.25, 0.3) is 0 Å². The number of halogens is 3. The maximum Gasteiger partial charge on any atom is 0.244 e. The first-order valence-electron chi connectivity index (χ1n) is 10.0. The van der Waals surface area contributed by atoms with Crippen LogP contribution in [0.2, 0.25) is 15.1 Å². The third kappa shape index (κ3) is 6.20. The van der Waals surface area contributed by atoms with E-state index in [4.69, 9.17) is 45.3 Å². The average Bonchev–Trinajstić information content (AvgIpc) is 2.74. The van der Waals surface area contributed by atoms with Crippen LogP contribution in [0.3, 0.4) is 0 Å². The smallest absolute Gasteiger partial charge is 0.244 e. The molecule has 0 aliphatic carbocycles.